The Labute approximate surface area is 103 Å². The van der Waals surface area contributed by atoms with Crippen LogP contribution in [0.1, 0.15) is 11.1 Å². The molecule has 0 fully saturated rings. The van der Waals surface area contributed by atoms with Crippen LogP contribution in [0.2, 0.25) is 0 Å². The van der Waals surface area contributed by atoms with E-state index in [0.717, 1.165) is 12.0 Å². The minimum absolute atomic E-state index is 0.108. The van der Waals surface area contributed by atoms with E-state index < -0.39 is 0 Å². The third kappa shape index (κ3) is 2.36. The molecule has 2 nitrogen and oxygen atoms in total. The fourth-order valence-electron chi connectivity index (χ4n) is 1.61. The van der Waals surface area contributed by atoms with E-state index >= 15 is 0 Å². The van der Waals surface area contributed by atoms with Crippen LogP contribution in [0, 0.1) is 0 Å². The van der Waals surface area contributed by atoms with E-state index in [1.807, 2.05) is 24.3 Å². The molecule has 2 rings (SSSR count). The average Bonchev–Trinajstić information content (AvgIpc) is 2.27. The fourth-order valence-corrected chi connectivity index (χ4v) is 2.14. The van der Waals surface area contributed by atoms with Gasteiger partial charge in [-0.3, -0.25) is 0 Å². The van der Waals surface area contributed by atoms with E-state index in [1.165, 1.54) is 5.56 Å². The summed E-state index contributed by atoms with van der Waals surface area (Å²) >= 11 is 3.28. The van der Waals surface area contributed by atoms with Gasteiger partial charge in [0.25, 0.3) is 0 Å². The molecule has 0 saturated carbocycles. The number of benzene rings is 2. The second-order valence-corrected chi connectivity index (χ2v) is 4.53. The molecule has 0 aliphatic carbocycles. The summed E-state index contributed by atoms with van der Waals surface area (Å²) in [7, 11) is 0. The van der Waals surface area contributed by atoms with Crippen LogP contribution in [0.25, 0.3) is 0 Å². The summed E-state index contributed by atoms with van der Waals surface area (Å²) < 4.78 is 0.637. The first kappa shape index (κ1) is 11.0. The molecule has 0 saturated heterocycles. The minimum Gasteiger partial charge on any atom is -0.505 e. The molecule has 0 amide bonds. The van der Waals surface area contributed by atoms with Crippen LogP contribution in [0.4, 0.5) is 5.69 Å². The van der Waals surface area contributed by atoms with Gasteiger partial charge >= 0.3 is 0 Å². The number of phenols is 1. The number of nitrogen functional groups attached to an aromatic ring is 1. The SMILES string of the molecule is Nc1cc(Cc2ccccc2)cc(Br)c1O. The van der Waals surface area contributed by atoms with Crippen LogP contribution in [0.5, 0.6) is 5.75 Å². The Morgan fingerprint density at radius 3 is 2.38 bits per heavy atom. The van der Waals surface area contributed by atoms with Crippen molar-refractivity contribution in [2.75, 3.05) is 5.73 Å². The maximum Gasteiger partial charge on any atom is 0.152 e. The van der Waals surface area contributed by atoms with Crippen LogP contribution >= 0.6 is 15.9 Å². The first-order chi connectivity index (χ1) is 7.66. The first-order valence-electron chi connectivity index (χ1n) is 4.97. The molecule has 16 heavy (non-hydrogen) atoms. The normalized spacial score (nSPS) is 10.3. The number of anilines is 1. The summed E-state index contributed by atoms with van der Waals surface area (Å²) in [5, 5.41) is 9.52. The molecule has 3 heteroatoms. The van der Waals surface area contributed by atoms with Gasteiger partial charge in [0.15, 0.2) is 5.75 Å². The quantitative estimate of drug-likeness (QED) is 0.653. The predicted molar refractivity (Wildman–Crippen MR) is 69.5 cm³/mol. The molecule has 0 aliphatic heterocycles. The van der Waals surface area contributed by atoms with E-state index in [2.05, 4.69) is 28.1 Å². The summed E-state index contributed by atoms with van der Waals surface area (Å²) in [6.45, 7) is 0. The Hall–Kier alpha value is -1.48. The van der Waals surface area contributed by atoms with E-state index in [-0.39, 0.29) is 5.75 Å². The maximum absolute atomic E-state index is 9.52. The zero-order valence-electron chi connectivity index (χ0n) is 8.65. The van der Waals surface area contributed by atoms with Crippen molar-refractivity contribution in [1.29, 1.82) is 0 Å². The van der Waals surface area contributed by atoms with E-state index in [9.17, 15) is 5.11 Å². The lowest BCUT2D eigenvalue weighted by molar-refractivity contribution is 0.474. The Bertz CT molecular complexity index is 474. The van der Waals surface area contributed by atoms with Crippen LogP contribution in [0.3, 0.4) is 0 Å². The maximum atomic E-state index is 9.52. The van der Waals surface area contributed by atoms with Crippen molar-refractivity contribution in [1.82, 2.24) is 0 Å². The van der Waals surface area contributed by atoms with Gasteiger partial charge in [-0.05, 0) is 45.6 Å². The Morgan fingerprint density at radius 1 is 1.06 bits per heavy atom. The highest BCUT2D eigenvalue weighted by Crippen LogP contribution is 2.31. The molecule has 0 bridgehead atoms. The highest BCUT2D eigenvalue weighted by atomic mass is 79.9. The molecule has 2 aromatic carbocycles. The number of phenolic OH excluding ortho intramolecular Hbond substituents is 1. The second-order valence-electron chi connectivity index (χ2n) is 3.68. The van der Waals surface area contributed by atoms with Crippen molar-refractivity contribution in [3.8, 4) is 5.75 Å². The van der Waals surface area contributed by atoms with Gasteiger partial charge in [-0.2, -0.15) is 0 Å². The molecule has 82 valence electrons. The number of nitrogens with two attached hydrogens (primary N) is 1. The molecular weight excluding hydrogens is 266 g/mol. The first-order valence-corrected chi connectivity index (χ1v) is 5.77. The number of halogens is 1. The van der Waals surface area contributed by atoms with Crippen LogP contribution in [-0.4, -0.2) is 5.11 Å². The van der Waals surface area contributed by atoms with Crippen molar-refractivity contribution in [2.45, 2.75) is 6.42 Å². The van der Waals surface area contributed by atoms with Crippen LogP contribution < -0.4 is 5.73 Å². The third-order valence-electron chi connectivity index (χ3n) is 2.40. The molecule has 0 spiro atoms. The van der Waals surface area contributed by atoms with Gasteiger partial charge < -0.3 is 10.8 Å². The van der Waals surface area contributed by atoms with Gasteiger partial charge in [0.1, 0.15) is 0 Å². The van der Waals surface area contributed by atoms with Crippen molar-refractivity contribution >= 4 is 21.6 Å². The summed E-state index contributed by atoms with van der Waals surface area (Å²) in [6, 6.07) is 13.8. The molecular formula is C13H12BrNO. The standard InChI is InChI=1S/C13H12BrNO/c14-11-7-10(8-12(15)13(11)16)6-9-4-2-1-3-5-9/h1-5,7-8,16H,6,15H2. The number of hydrogen-bond donors (Lipinski definition) is 2. The monoisotopic (exact) mass is 277 g/mol. The third-order valence-corrected chi connectivity index (χ3v) is 3.01. The van der Waals surface area contributed by atoms with Crippen molar-refractivity contribution in [3.05, 3.63) is 58.1 Å². The summed E-state index contributed by atoms with van der Waals surface area (Å²) in [5.41, 5.74) is 8.40. The van der Waals surface area contributed by atoms with Gasteiger partial charge in [-0.25, -0.2) is 0 Å². The van der Waals surface area contributed by atoms with Gasteiger partial charge in [0.05, 0.1) is 10.2 Å². The second kappa shape index (κ2) is 4.58. The number of aromatic hydroxyl groups is 1. The highest BCUT2D eigenvalue weighted by Gasteiger charge is 2.05. The Kier molecular flexibility index (Phi) is 3.15. The summed E-state index contributed by atoms with van der Waals surface area (Å²) in [4.78, 5) is 0. The summed E-state index contributed by atoms with van der Waals surface area (Å²) in [6.07, 6.45) is 0.809. The molecule has 0 unspecified atom stereocenters. The van der Waals surface area contributed by atoms with E-state index in [4.69, 9.17) is 5.73 Å². The lowest BCUT2D eigenvalue weighted by Gasteiger charge is -2.06. The fraction of sp³-hybridized carbons (Fsp3) is 0.0769. The smallest absolute Gasteiger partial charge is 0.152 e. The zero-order valence-corrected chi connectivity index (χ0v) is 10.2. The lowest BCUT2D eigenvalue weighted by atomic mass is 10.0. The van der Waals surface area contributed by atoms with E-state index in [1.54, 1.807) is 6.07 Å². The minimum atomic E-state index is 0.108. The molecule has 2 aromatic rings. The van der Waals surface area contributed by atoms with Gasteiger partial charge in [-0.1, -0.05) is 30.3 Å². The largest absolute Gasteiger partial charge is 0.505 e. The molecule has 0 heterocycles. The average molecular weight is 278 g/mol. The number of hydrogen-bond acceptors (Lipinski definition) is 2. The number of rotatable bonds is 2. The predicted octanol–water partition coefficient (Wildman–Crippen LogP) is 3.33. The van der Waals surface area contributed by atoms with Crippen molar-refractivity contribution in [3.63, 3.8) is 0 Å². The lowest BCUT2D eigenvalue weighted by Crippen LogP contribution is -1.92. The van der Waals surface area contributed by atoms with Crippen LogP contribution in [0.15, 0.2) is 46.9 Å². The van der Waals surface area contributed by atoms with Crippen LogP contribution in [-0.2, 0) is 6.42 Å². The molecule has 0 aliphatic rings. The Balaban J connectivity index is 2.29. The molecule has 3 N–H and O–H groups in total. The topological polar surface area (TPSA) is 46.2 Å². The highest BCUT2D eigenvalue weighted by molar-refractivity contribution is 9.10. The van der Waals surface area contributed by atoms with Crippen molar-refractivity contribution < 1.29 is 5.11 Å². The molecule has 0 atom stereocenters. The van der Waals surface area contributed by atoms with Gasteiger partial charge in [0, 0.05) is 0 Å². The zero-order chi connectivity index (χ0) is 11.5. The van der Waals surface area contributed by atoms with Crippen molar-refractivity contribution in [2.24, 2.45) is 0 Å². The Morgan fingerprint density at radius 2 is 1.75 bits per heavy atom. The van der Waals surface area contributed by atoms with Gasteiger partial charge in [-0.15, -0.1) is 0 Å². The molecule has 0 radical (unpaired) electrons. The van der Waals surface area contributed by atoms with E-state index in [0.29, 0.717) is 10.2 Å². The molecule has 0 aromatic heterocycles. The summed E-state index contributed by atoms with van der Waals surface area (Å²) in [5.74, 6) is 0.108. The van der Waals surface area contributed by atoms with Gasteiger partial charge in [0.2, 0.25) is 0 Å².